The van der Waals surface area contributed by atoms with E-state index in [2.05, 4.69) is 0 Å². The fraction of sp³-hybridized carbons (Fsp3) is 0.917. The standard InChI is InChI=1S/C12H21ClO/c13-9-4-2-1-3-6-11-7-5-8-12(14)10-11/h11H,1-10H2. The Kier molecular flexibility index (Phi) is 6.25. The molecule has 0 radical (unpaired) electrons. The van der Waals surface area contributed by atoms with Crippen LogP contribution in [0.3, 0.4) is 0 Å². The fourth-order valence-electron chi connectivity index (χ4n) is 2.24. The average Bonchev–Trinajstić information content (AvgIpc) is 2.18. The largest absolute Gasteiger partial charge is 0.300 e. The Morgan fingerprint density at radius 1 is 1.21 bits per heavy atom. The molecule has 0 heterocycles. The molecule has 1 fully saturated rings. The van der Waals surface area contributed by atoms with E-state index in [4.69, 9.17) is 11.6 Å². The zero-order chi connectivity index (χ0) is 10.2. The van der Waals surface area contributed by atoms with E-state index in [1.165, 1.54) is 32.1 Å². The molecule has 0 bridgehead atoms. The highest BCUT2D eigenvalue weighted by Crippen LogP contribution is 2.26. The van der Waals surface area contributed by atoms with E-state index in [-0.39, 0.29) is 0 Å². The molecular weight excluding hydrogens is 196 g/mol. The molecule has 0 aromatic rings. The van der Waals surface area contributed by atoms with Gasteiger partial charge in [0, 0.05) is 18.7 Å². The first-order valence-corrected chi connectivity index (χ1v) is 6.44. The maximum atomic E-state index is 11.2. The third kappa shape index (κ3) is 4.99. The Morgan fingerprint density at radius 2 is 2.00 bits per heavy atom. The van der Waals surface area contributed by atoms with Gasteiger partial charge >= 0.3 is 0 Å². The maximum absolute atomic E-state index is 11.2. The van der Waals surface area contributed by atoms with Crippen LogP contribution in [0.15, 0.2) is 0 Å². The van der Waals surface area contributed by atoms with Gasteiger partial charge in [-0.2, -0.15) is 0 Å². The molecule has 1 saturated carbocycles. The molecule has 1 nitrogen and oxygen atoms in total. The summed E-state index contributed by atoms with van der Waals surface area (Å²) in [4.78, 5) is 11.2. The molecule has 1 rings (SSSR count). The molecule has 0 aromatic heterocycles. The topological polar surface area (TPSA) is 17.1 Å². The molecule has 0 aliphatic heterocycles. The minimum absolute atomic E-state index is 0.488. The lowest BCUT2D eigenvalue weighted by Crippen LogP contribution is -2.14. The quantitative estimate of drug-likeness (QED) is 0.486. The van der Waals surface area contributed by atoms with Gasteiger partial charge in [0.15, 0.2) is 0 Å². The third-order valence-corrected chi connectivity index (χ3v) is 3.35. The van der Waals surface area contributed by atoms with Gasteiger partial charge in [-0.1, -0.05) is 25.7 Å². The lowest BCUT2D eigenvalue weighted by Gasteiger charge is -2.20. The molecule has 2 heteroatoms. The lowest BCUT2D eigenvalue weighted by atomic mass is 9.85. The molecule has 1 atom stereocenters. The van der Waals surface area contributed by atoms with Crippen molar-refractivity contribution in [3.8, 4) is 0 Å². The van der Waals surface area contributed by atoms with Crippen LogP contribution in [0.1, 0.15) is 57.8 Å². The number of carbonyl (C=O) groups excluding carboxylic acids is 1. The summed E-state index contributed by atoms with van der Waals surface area (Å²) in [6, 6.07) is 0. The number of hydrogen-bond donors (Lipinski definition) is 0. The van der Waals surface area contributed by atoms with E-state index >= 15 is 0 Å². The predicted octanol–water partition coefficient (Wildman–Crippen LogP) is 3.94. The highest BCUT2D eigenvalue weighted by Gasteiger charge is 2.18. The first kappa shape index (κ1) is 12.0. The smallest absolute Gasteiger partial charge is 0.133 e. The normalized spacial score (nSPS) is 22.6. The first-order valence-electron chi connectivity index (χ1n) is 5.90. The van der Waals surface area contributed by atoms with E-state index in [9.17, 15) is 4.79 Å². The van der Waals surface area contributed by atoms with Gasteiger partial charge in [0.05, 0.1) is 0 Å². The summed E-state index contributed by atoms with van der Waals surface area (Å²) >= 11 is 5.60. The van der Waals surface area contributed by atoms with Crippen molar-refractivity contribution in [3.05, 3.63) is 0 Å². The Hall–Kier alpha value is -0.0400. The second kappa shape index (κ2) is 7.28. The van der Waals surface area contributed by atoms with Gasteiger partial charge < -0.3 is 0 Å². The average molecular weight is 217 g/mol. The Labute approximate surface area is 92.2 Å². The zero-order valence-electron chi connectivity index (χ0n) is 8.93. The Balaban J connectivity index is 1.97. The summed E-state index contributed by atoms with van der Waals surface area (Å²) in [5.41, 5.74) is 0. The van der Waals surface area contributed by atoms with Crippen LogP contribution in [0, 0.1) is 5.92 Å². The van der Waals surface area contributed by atoms with Gasteiger partial charge in [-0.3, -0.25) is 4.79 Å². The molecule has 0 spiro atoms. The first-order chi connectivity index (χ1) is 6.83. The molecule has 0 N–H and O–H groups in total. The SMILES string of the molecule is O=C1CCCC(CCCCCCCl)C1. The van der Waals surface area contributed by atoms with Gasteiger partial charge in [0.1, 0.15) is 5.78 Å². The summed E-state index contributed by atoms with van der Waals surface area (Å²) in [7, 11) is 0. The third-order valence-electron chi connectivity index (χ3n) is 3.08. The molecule has 1 unspecified atom stereocenters. The van der Waals surface area contributed by atoms with E-state index in [0.717, 1.165) is 31.6 Å². The summed E-state index contributed by atoms with van der Waals surface area (Å²) in [5.74, 6) is 1.98. The molecule has 0 amide bonds. The molecular formula is C12H21ClO. The van der Waals surface area contributed by atoms with Crippen LogP contribution in [0.5, 0.6) is 0 Å². The molecule has 1 aliphatic rings. The van der Waals surface area contributed by atoms with Gasteiger partial charge in [-0.25, -0.2) is 0 Å². The molecule has 82 valence electrons. The lowest BCUT2D eigenvalue weighted by molar-refractivity contribution is -0.121. The van der Waals surface area contributed by atoms with Crippen LogP contribution in [0.4, 0.5) is 0 Å². The van der Waals surface area contributed by atoms with Gasteiger partial charge in [0.25, 0.3) is 0 Å². The maximum Gasteiger partial charge on any atom is 0.133 e. The number of ketones is 1. The van der Waals surface area contributed by atoms with Crippen LogP contribution in [-0.4, -0.2) is 11.7 Å². The number of unbranched alkanes of at least 4 members (excludes halogenated alkanes) is 3. The summed E-state index contributed by atoms with van der Waals surface area (Å²) in [6.45, 7) is 0. The number of hydrogen-bond acceptors (Lipinski definition) is 1. The summed E-state index contributed by atoms with van der Waals surface area (Å²) < 4.78 is 0. The molecule has 0 aromatic carbocycles. The molecule has 14 heavy (non-hydrogen) atoms. The minimum Gasteiger partial charge on any atom is -0.300 e. The van der Waals surface area contributed by atoms with Gasteiger partial charge in [0.2, 0.25) is 0 Å². The number of alkyl halides is 1. The van der Waals surface area contributed by atoms with Crippen molar-refractivity contribution in [1.82, 2.24) is 0 Å². The highest BCUT2D eigenvalue weighted by molar-refractivity contribution is 6.17. The summed E-state index contributed by atoms with van der Waals surface area (Å²) in [6.07, 6.45) is 10.3. The minimum atomic E-state index is 0.488. The fourth-order valence-corrected chi connectivity index (χ4v) is 2.43. The van der Waals surface area contributed by atoms with Crippen molar-refractivity contribution in [2.75, 3.05) is 5.88 Å². The highest BCUT2D eigenvalue weighted by atomic mass is 35.5. The number of halogens is 1. The van der Waals surface area contributed by atoms with E-state index in [1.807, 2.05) is 0 Å². The van der Waals surface area contributed by atoms with Crippen LogP contribution < -0.4 is 0 Å². The predicted molar refractivity (Wildman–Crippen MR) is 60.8 cm³/mol. The van der Waals surface area contributed by atoms with Crippen LogP contribution >= 0.6 is 11.6 Å². The zero-order valence-corrected chi connectivity index (χ0v) is 9.69. The second-order valence-corrected chi connectivity index (χ2v) is 4.77. The number of Topliss-reactive ketones (excluding diaryl/α,β-unsaturated/α-hetero) is 1. The Morgan fingerprint density at radius 3 is 2.71 bits per heavy atom. The van der Waals surface area contributed by atoms with Crippen molar-refractivity contribution < 1.29 is 4.79 Å². The second-order valence-electron chi connectivity index (χ2n) is 4.39. The summed E-state index contributed by atoms with van der Waals surface area (Å²) in [5, 5.41) is 0. The van der Waals surface area contributed by atoms with Crippen molar-refractivity contribution in [1.29, 1.82) is 0 Å². The Bertz CT molecular complexity index is 168. The van der Waals surface area contributed by atoms with Crippen LogP contribution in [-0.2, 0) is 4.79 Å². The monoisotopic (exact) mass is 216 g/mol. The number of rotatable bonds is 6. The number of carbonyl (C=O) groups is 1. The van der Waals surface area contributed by atoms with Crippen molar-refractivity contribution in [2.24, 2.45) is 5.92 Å². The molecule has 0 saturated heterocycles. The van der Waals surface area contributed by atoms with Crippen molar-refractivity contribution in [3.63, 3.8) is 0 Å². The van der Waals surface area contributed by atoms with E-state index in [0.29, 0.717) is 11.7 Å². The van der Waals surface area contributed by atoms with Crippen LogP contribution in [0.2, 0.25) is 0 Å². The van der Waals surface area contributed by atoms with Crippen molar-refractivity contribution in [2.45, 2.75) is 57.8 Å². The van der Waals surface area contributed by atoms with Gasteiger partial charge in [-0.15, -0.1) is 11.6 Å². The molecule has 1 aliphatic carbocycles. The van der Waals surface area contributed by atoms with E-state index < -0.39 is 0 Å². The van der Waals surface area contributed by atoms with Crippen LogP contribution in [0.25, 0.3) is 0 Å². The van der Waals surface area contributed by atoms with Gasteiger partial charge in [-0.05, 0) is 25.2 Å². The van der Waals surface area contributed by atoms with Crippen molar-refractivity contribution >= 4 is 17.4 Å². The van der Waals surface area contributed by atoms with E-state index in [1.54, 1.807) is 0 Å².